The quantitative estimate of drug-likeness (QED) is 0.934. The molecule has 1 saturated heterocycles. The lowest BCUT2D eigenvalue weighted by Gasteiger charge is -2.27. The first-order chi connectivity index (χ1) is 10.3. The maximum absolute atomic E-state index is 12.0. The molecule has 1 aliphatic heterocycles. The summed E-state index contributed by atoms with van der Waals surface area (Å²) in [6.07, 6.45) is 6.82. The van der Waals surface area contributed by atoms with Gasteiger partial charge in [-0.2, -0.15) is 0 Å². The number of hydrogen-bond acceptors (Lipinski definition) is 5. The summed E-state index contributed by atoms with van der Waals surface area (Å²) < 4.78 is 0. The van der Waals surface area contributed by atoms with Gasteiger partial charge in [0.25, 0.3) is 5.91 Å². The van der Waals surface area contributed by atoms with Gasteiger partial charge in [0.05, 0.1) is 5.56 Å². The number of pyridine rings is 1. The maximum atomic E-state index is 12.0. The highest BCUT2D eigenvalue weighted by Gasteiger charge is 2.13. The van der Waals surface area contributed by atoms with Crippen LogP contribution in [0.15, 0.2) is 36.7 Å². The number of carbonyl (C=O) groups excluding carboxylic acids is 1. The van der Waals surface area contributed by atoms with Crippen molar-refractivity contribution in [2.45, 2.75) is 19.3 Å². The van der Waals surface area contributed by atoms with Crippen LogP contribution in [0.5, 0.6) is 0 Å². The Morgan fingerprint density at radius 2 is 1.95 bits per heavy atom. The minimum absolute atomic E-state index is 0.233. The summed E-state index contributed by atoms with van der Waals surface area (Å²) in [6, 6.07) is 7.11. The summed E-state index contributed by atoms with van der Waals surface area (Å²) in [7, 11) is 0. The molecule has 2 aromatic heterocycles. The second kappa shape index (κ2) is 6.30. The van der Waals surface area contributed by atoms with Gasteiger partial charge in [-0.3, -0.25) is 9.78 Å². The molecule has 6 heteroatoms. The average molecular weight is 283 g/mol. The molecule has 2 aromatic rings. The molecule has 3 heterocycles. The lowest BCUT2D eigenvalue weighted by molar-refractivity contribution is 0.102. The number of hydrogen-bond donors (Lipinski definition) is 1. The summed E-state index contributed by atoms with van der Waals surface area (Å²) in [6.45, 7) is 2.05. The first-order valence-corrected chi connectivity index (χ1v) is 7.13. The van der Waals surface area contributed by atoms with Crippen LogP contribution in [-0.2, 0) is 0 Å². The predicted molar refractivity (Wildman–Crippen MR) is 80.3 cm³/mol. The third kappa shape index (κ3) is 3.34. The highest BCUT2D eigenvalue weighted by Crippen LogP contribution is 2.17. The fraction of sp³-hybridized carbons (Fsp3) is 0.333. The number of nitrogens with zero attached hydrogens (tertiary/aromatic N) is 4. The van der Waals surface area contributed by atoms with Gasteiger partial charge in [-0.25, -0.2) is 0 Å². The zero-order valence-corrected chi connectivity index (χ0v) is 11.7. The number of anilines is 2. The monoisotopic (exact) mass is 283 g/mol. The van der Waals surface area contributed by atoms with Gasteiger partial charge in [0.2, 0.25) is 0 Å². The van der Waals surface area contributed by atoms with Crippen LogP contribution in [0.25, 0.3) is 0 Å². The molecule has 0 atom stereocenters. The zero-order valence-electron chi connectivity index (χ0n) is 11.7. The van der Waals surface area contributed by atoms with E-state index in [0.29, 0.717) is 11.4 Å². The standard InChI is InChI=1S/C15H17N5O/c21-15(12-5-4-8-16-11-12)17-13-6-7-14(19-18-13)20-9-2-1-3-10-20/h4-8,11H,1-3,9-10H2,(H,17,18,21). The molecular weight excluding hydrogens is 266 g/mol. The predicted octanol–water partition coefficient (Wildman–Crippen LogP) is 2.11. The van der Waals surface area contributed by atoms with Crippen molar-refractivity contribution in [3.8, 4) is 0 Å². The second-order valence-corrected chi connectivity index (χ2v) is 5.02. The van der Waals surface area contributed by atoms with E-state index in [0.717, 1.165) is 18.9 Å². The molecule has 6 nitrogen and oxygen atoms in total. The first-order valence-electron chi connectivity index (χ1n) is 7.13. The molecule has 0 unspecified atom stereocenters. The number of piperidine rings is 1. The van der Waals surface area contributed by atoms with Crippen LogP contribution in [0.2, 0.25) is 0 Å². The third-order valence-corrected chi connectivity index (χ3v) is 3.50. The van der Waals surface area contributed by atoms with E-state index >= 15 is 0 Å². The van der Waals surface area contributed by atoms with Crippen molar-refractivity contribution in [2.75, 3.05) is 23.3 Å². The van der Waals surface area contributed by atoms with Crippen molar-refractivity contribution in [3.63, 3.8) is 0 Å². The first kappa shape index (κ1) is 13.5. The Bertz CT molecular complexity index is 593. The molecule has 0 saturated carbocycles. The molecule has 0 bridgehead atoms. The van der Waals surface area contributed by atoms with Crippen molar-refractivity contribution < 1.29 is 4.79 Å². The molecule has 0 aromatic carbocycles. The van der Waals surface area contributed by atoms with E-state index in [4.69, 9.17) is 0 Å². The van der Waals surface area contributed by atoms with Crippen LogP contribution in [0.1, 0.15) is 29.6 Å². The molecular formula is C15H17N5O. The summed E-state index contributed by atoms with van der Waals surface area (Å²) in [4.78, 5) is 18.1. The number of amides is 1. The lowest BCUT2D eigenvalue weighted by Crippen LogP contribution is -2.30. The van der Waals surface area contributed by atoms with Crippen LogP contribution in [0.4, 0.5) is 11.6 Å². The van der Waals surface area contributed by atoms with Crippen molar-refractivity contribution >= 4 is 17.5 Å². The largest absolute Gasteiger partial charge is 0.355 e. The highest BCUT2D eigenvalue weighted by molar-refractivity contribution is 6.03. The minimum atomic E-state index is -0.233. The van der Waals surface area contributed by atoms with Crippen LogP contribution >= 0.6 is 0 Å². The van der Waals surface area contributed by atoms with Crippen LogP contribution < -0.4 is 10.2 Å². The van der Waals surface area contributed by atoms with Gasteiger partial charge in [-0.15, -0.1) is 10.2 Å². The molecule has 0 radical (unpaired) electrons. The van der Waals surface area contributed by atoms with Gasteiger partial charge in [0.15, 0.2) is 11.6 Å². The summed E-state index contributed by atoms with van der Waals surface area (Å²) >= 11 is 0. The Labute approximate surface area is 123 Å². The van der Waals surface area contributed by atoms with Crippen molar-refractivity contribution in [3.05, 3.63) is 42.2 Å². The summed E-state index contributed by atoms with van der Waals surface area (Å²) in [5.74, 6) is 1.09. The van der Waals surface area contributed by atoms with E-state index in [1.807, 2.05) is 6.07 Å². The summed E-state index contributed by atoms with van der Waals surface area (Å²) in [5, 5.41) is 11.0. The van der Waals surface area contributed by atoms with Crippen LogP contribution in [-0.4, -0.2) is 34.2 Å². The third-order valence-electron chi connectivity index (χ3n) is 3.50. The lowest BCUT2D eigenvalue weighted by atomic mass is 10.1. The number of nitrogens with one attached hydrogen (secondary N) is 1. The van der Waals surface area contributed by atoms with E-state index < -0.39 is 0 Å². The van der Waals surface area contributed by atoms with E-state index in [9.17, 15) is 4.79 Å². The zero-order chi connectivity index (χ0) is 14.5. The molecule has 1 amide bonds. The van der Waals surface area contributed by atoms with Crippen LogP contribution in [0, 0.1) is 0 Å². The Hall–Kier alpha value is -2.50. The van der Waals surface area contributed by atoms with Gasteiger partial charge in [0, 0.05) is 25.5 Å². The Morgan fingerprint density at radius 1 is 1.10 bits per heavy atom. The van der Waals surface area contributed by atoms with Gasteiger partial charge < -0.3 is 10.2 Å². The number of carbonyl (C=O) groups is 1. The Kier molecular flexibility index (Phi) is 4.04. The normalized spacial score (nSPS) is 14.8. The SMILES string of the molecule is O=C(Nc1ccc(N2CCCCC2)nn1)c1cccnc1. The average Bonchev–Trinajstić information content (AvgIpc) is 2.57. The molecule has 1 N–H and O–H groups in total. The van der Waals surface area contributed by atoms with Gasteiger partial charge in [-0.1, -0.05) is 0 Å². The Balaban J connectivity index is 1.65. The van der Waals surface area contributed by atoms with Crippen LogP contribution in [0.3, 0.4) is 0 Å². The molecule has 0 spiro atoms. The fourth-order valence-corrected chi connectivity index (χ4v) is 2.37. The van der Waals surface area contributed by atoms with E-state index in [2.05, 4.69) is 25.4 Å². The van der Waals surface area contributed by atoms with Gasteiger partial charge in [-0.05, 0) is 43.5 Å². The highest BCUT2D eigenvalue weighted by atomic mass is 16.1. The molecule has 21 heavy (non-hydrogen) atoms. The van der Waals surface area contributed by atoms with Crippen molar-refractivity contribution in [1.29, 1.82) is 0 Å². The number of rotatable bonds is 3. The smallest absolute Gasteiger partial charge is 0.258 e. The van der Waals surface area contributed by atoms with E-state index in [1.165, 1.54) is 25.5 Å². The van der Waals surface area contributed by atoms with Crippen molar-refractivity contribution in [2.24, 2.45) is 0 Å². The van der Waals surface area contributed by atoms with Gasteiger partial charge >= 0.3 is 0 Å². The fourth-order valence-electron chi connectivity index (χ4n) is 2.37. The number of aromatic nitrogens is 3. The summed E-state index contributed by atoms with van der Waals surface area (Å²) in [5.41, 5.74) is 0.499. The van der Waals surface area contributed by atoms with Gasteiger partial charge in [0.1, 0.15) is 0 Å². The molecule has 0 aliphatic carbocycles. The molecule has 1 aliphatic rings. The Morgan fingerprint density at radius 3 is 2.62 bits per heavy atom. The molecule has 3 rings (SSSR count). The van der Waals surface area contributed by atoms with Crippen molar-refractivity contribution in [1.82, 2.24) is 15.2 Å². The minimum Gasteiger partial charge on any atom is -0.355 e. The van der Waals surface area contributed by atoms with E-state index in [1.54, 1.807) is 24.4 Å². The topological polar surface area (TPSA) is 71.0 Å². The molecule has 108 valence electrons. The maximum Gasteiger partial charge on any atom is 0.258 e. The molecule has 1 fully saturated rings. The second-order valence-electron chi connectivity index (χ2n) is 5.02. The van der Waals surface area contributed by atoms with E-state index in [-0.39, 0.29) is 5.91 Å².